The van der Waals surface area contributed by atoms with E-state index in [2.05, 4.69) is 44.8 Å². The van der Waals surface area contributed by atoms with Gasteiger partial charge in [0, 0.05) is 62.8 Å². The first kappa shape index (κ1) is 24.9. The molecule has 4 amide bonds. The van der Waals surface area contributed by atoms with Crippen LogP contribution < -0.4 is 31.5 Å². The first-order valence-electron chi connectivity index (χ1n) is 11.7. The van der Waals surface area contributed by atoms with Gasteiger partial charge in [0.1, 0.15) is 0 Å². The van der Waals surface area contributed by atoms with Crippen LogP contribution in [0.2, 0.25) is 0 Å². The number of hydrogen-bond donors (Lipinski definition) is 4. The van der Waals surface area contributed by atoms with Gasteiger partial charge in [0.05, 0.1) is 5.56 Å². The van der Waals surface area contributed by atoms with E-state index in [0.717, 1.165) is 31.9 Å². The van der Waals surface area contributed by atoms with E-state index in [0.29, 0.717) is 37.2 Å². The maximum Gasteiger partial charge on any atom is 0.314 e. The fourth-order valence-corrected chi connectivity index (χ4v) is 4.07. The Bertz CT molecular complexity index is 1020. The Morgan fingerprint density at radius 3 is 2.18 bits per heavy atom. The van der Waals surface area contributed by atoms with Crippen LogP contribution in [-0.2, 0) is 0 Å². The lowest BCUT2D eigenvalue weighted by molar-refractivity contribution is 0.0953. The second-order valence-electron chi connectivity index (χ2n) is 8.25. The highest BCUT2D eigenvalue weighted by molar-refractivity contribution is 6.03. The number of para-hydroxylation sites is 1. The molecule has 0 unspecified atom stereocenters. The van der Waals surface area contributed by atoms with Crippen LogP contribution in [0.1, 0.15) is 39.6 Å². The first-order valence-corrected chi connectivity index (χ1v) is 11.7. The van der Waals surface area contributed by atoms with Crippen LogP contribution in [0.15, 0.2) is 42.5 Å². The number of hydrogen-bond acceptors (Lipinski definition) is 5. The Labute approximate surface area is 200 Å². The van der Waals surface area contributed by atoms with E-state index in [1.165, 1.54) is 11.3 Å². The number of anilines is 2. The molecule has 1 fully saturated rings. The Kier molecular flexibility index (Phi) is 8.73. The minimum atomic E-state index is -0.558. The van der Waals surface area contributed by atoms with E-state index in [1.807, 2.05) is 19.1 Å². The topological polar surface area (TPSA) is 120 Å². The largest absolute Gasteiger partial charge is 0.368 e. The lowest BCUT2D eigenvalue weighted by atomic mass is 10.1. The molecule has 0 radical (unpaired) electrons. The van der Waals surface area contributed by atoms with Crippen molar-refractivity contribution in [3.63, 3.8) is 0 Å². The lowest BCUT2D eigenvalue weighted by Crippen LogP contribution is -2.47. The molecule has 0 spiro atoms. The van der Waals surface area contributed by atoms with Crippen molar-refractivity contribution in [1.29, 1.82) is 0 Å². The van der Waals surface area contributed by atoms with Crippen molar-refractivity contribution < 1.29 is 14.4 Å². The number of nitrogens with zero attached hydrogens (tertiary/aromatic N) is 2. The number of rotatable bonds is 9. The van der Waals surface area contributed by atoms with Gasteiger partial charge in [-0.2, -0.15) is 0 Å². The number of nitrogens with two attached hydrogens (primary N) is 1. The third-order valence-corrected chi connectivity index (χ3v) is 5.86. The molecule has 0 aromatic heterocycles. The van der Waals surface area contributed by atoms with Gasteiger partial charge >= 0.3 is 6.03 Å². The van der Waals surface area contributed by atoms with Gasteiger partial charge < -0.3 is 31.5 Å². The first-order chi connectivity index (χ1) is 16.4. The number of urea groups is 1. The van der Waals surface area contributed by atoms with E-state index < -0.39 is 5.91 Å². The zero-order valence-corrected chi connectivity index (χ0v) is 19.9. The highest BCUT2D eigenvalue weighted by Crippen LogP contribution is 2.26. The predicted molar refractivity (Wildman–Crippen MR) is 135 cm³/mol. The molecule has 2 aromatic rings. The number of carbonyl (C=O) groups is 3. The highest BCUT2D eigenvalue weighted by atomic mass is 16.2. The molecule has 0 saturated carbocycles. The summed E-state index contributed by atoms with van der Waals surface area (Å²) in [4.78, 5) is 40.6. The van der Waals surface area contributed by atoms with E-state index in [9.17, 15) is 14.4 Å². The third kappa shape index (κ3) is 6.40. The third-order valence-electron chi connectivity index (χ3n) is 5.86. The lowest BCUT2D eigenvalue weighted by Gasteiger charge is -2.38. The summed E-state index contributed by atoms with van der Waals surface area (Å²) in [5.41, 5.74) is 9.61. The summed E-state index contributed by atoms with van der Waals surface area (Å²) in [6.45, 7) is 8.52. The molecule has 0 aliphatic carbocycles. The van der Waals surface area contributed by atoms with Crippen LogP contribution >= 0.6 is 0 Å². The molecule has 34 heavy (non-hydrogen) atoms. The number of primary amides is 1. The number of amides is 4. The normalized spacial score (nSPS) is 13.4. The average Bonchev–Trinajstić information content (AvgIpc) is 2.84. The average molecular weight is 467 g/mol. The Morgan fingerprint density at radius 2 is 1.53 bits per heavy atom. The van der Waals surface area contributed by atoms with Gasteiger partial charge in [-0.25, -0.2) is 4.79 Å². The minimum Gasteiger partial charge on any atom is -0.368 e. The van der Waals surface area contributed by atoms with Gasteiger partial charge in [-0.15, -0.1) is 0 Å². The van der Waals surface area contributed by atoms with Crippen LogP contribution in [0, 0.1) is 6.92 Å². The molecule has 1 saturated heterocycles. The number of nitrogens with one attached hydrogen (secondary N) is 3. The summed E-state index contributed by atoms with van der Waals surface area (Å²) in [6, 6.07) is 13.2. The maximum absolute atomic E-state index is 12.6. The number of aryl methyl sites for hydroxylation is 1. The standard InChI is InChI=1S/C25H34N6O3/c1-3-27-25(34)29-12-6-11-28-24(33)19-9-10-22(20(17-19)23(26)32)31-15-13-30(14-16-31)21-8-5-4-7-18(21)2/h4-5,7-10,17H,3,6,11-16H2,1-2H3,(H2,26,32)(H,28,33)(H2,27,29,34). The van der Waals surface area contributed by atoms with Gasteiger partial charge in [0.15, 0.2) is 0 Å². The SMILES string of the molecule is CCNC(=O)NCCCNC(=O)c1ccc(N2CCN(c3ccccc3C)CC2)c(C(N)=O)c1. The fraction of sp³-hybridized carbons (Fsp3) is 0.400. The summed E-state index contributed by atoms with van der Waals surface area (Å²) in [7, 11) is 0. The van der Waals surface area contributed by atoms with E-state index in [4.69, 9.17) is 5.73 Å². The minimum absolute atomic E-state index is 0.227. The van der Waals surface area contributed by atoms with Crippen molar-refractivity contribution in [2.75, 3.05) is 55.6 Å². The molecule has 1 aliphatic heterocycles. The molecule has 9 heteroatoms. The van der Waals surface area contributed by atoms with Gasteiger partial charge in [-0.3, -0.25) is 9.59 Å². The van der Waals surface area contributed by atoms with Gasteiger partial charge in [-0.1, -0.05) is 18.2 Å². The highest BCUT2D eigenvalue weighted by Gasteiger charge is 2.22. The fourth-order valence-electron chi connectivity index (χ4n) is 4.07. The monoisotopic (exact) mass is 466 g/mol. The van der Waals surface area contributed by atoms with Crippen molar-refractivity contribution in [3.8, 4) is 0 Å². The molecular formula is C25H34N6O3. The van der Waals surface area contributed by atoms with Crippen LogP contribution in [0.25, 0.3) is 0 Å². The Morgan fingerprint density at radius 1 is 0.882 bits per heavy atom. The molecule has 182 valence electrons. The Hall–Kier alpha value is -3.75. The van der Waals surface area contributed by atoms with E-state index >= 15 is 0 Å². The molecule has 0 atom stereocenters. The van der Waals surface area contributed by atoms with Crippen LogP contribution in [0.3, 0.4) is 0 Å². The molecule has 3 rings (SSSR count). The van der Waals surface area contributed by atoms with E-state index in [-0.39, 0.29) is 11.9 Å². The smallest absolute Gasteiger partial charge is 0.314 e. The Balaban J connectivity index is 1.58. The summed E-state index contributed by atoms with van der Waals surface area (Å²) in [5.74, 6) is -0.839. The molecule has 5 N–H and O–H groups in total. The second-order valence-corrected chi connectivity index (χ2v) is 8.25. The molecule has 9 nitrogen and oxygen atoms in total. The quantitative estimate of drug-likeness (QED) is 0.421. The summed E-state index contributed by atoms with van der Waals surface area (Å²) >= 11 is 0. The van der Waals surface area contributed by atoms with Crippen LogP contribution in [0.4, 0.5) is 16.2 Å². The summed E-state index contributed by atoms with van der Waals surface area (Å²) in [5, 5.41) is 8.17. The van der Waals surface area contributed by atoms with Gasteiger partial charge in [0.2, 0.25) is 0 Å². The van der Waals surface area contributed by atoms with Crippen molar-refractivity contribution >= 4 is 29.2 Å². The summed E-state index contributed by atoms with van der Waals surface area (Å²) < 4.78 is 0. The maximum atomic E-state index is 12.6. The van der Waals surface area contributed by atoms with Crippen molar-refractivity contribution in [1.82, 2.24) is 16.0 Å². The molecule has 1 aliphatic rings. The number of piperazine rings is 1. The summed E-state index contributed by atoms with van der Waals surface area (Å²) in [6.07, 6.45) is 0.592. The zero-order valence-electron chi connectivity index (χ0n) is 19.9. The number of benzene rings is 2. The molecule has 2 aromatic carbocycles. The number of carbonyl (C=O) groups excluding carboxylic acids is 3. The van der Waals surface area contributed by atoms with E-state index in [1.54, 1.807) is 18.2 Å². The zero-order chi connectivity index (χ0) is 24.5. The molecule has 0 bridgehead atoms. The van der Waals surface area contributed by atoms with Crippen LogP contribution in [-0.4, -0.2) is 63.7 Å². The van der Waals surface area contributed by atoms with Gasteiger partial charge in [-0.05, 0) is 50.1 Å². The van der Waals surface area contributed by atoms with Gasteiger partial charge in [0.25, 0.3) is 11.8 Å². The van der Waals surface area contributed by atoms with Crippen molar-refractivity contribution in [3.05, 3.63) is 59.2 Å². The van der Waals surface area contributed by atoms with Crippen molar-refractivity contribution in [2.45, 2.75) is 20.3 Å². The van der Waals surface area contributed by atoms with Crippen LogP contribution in [0.5, 0.6) is 0 Å². The molecule has 1 heterocycles. The van der Waals surface area contributed by atoms with Crippen molar-refractivity contribution in [2.24, 2.45) is 5.73 Å². The molecular weight excluding hydrogens is 432 g/mol. The second kappa shape index (κ2) is 11.9. The predicted octanol–water partition coefficient (Wildman–Crippen LogP) is 1.86.